The molecule has 0 saturated carbocycles. The number of nitrogens with two attached hydrogens (primary N) is 1. The molecule has 2 rings (SSSR count). The minimum atomic E-state index is 0. The highest BCUT2D eigenvalue weighted by Gasteiger charge is 2.21. The van der Waals surface area contributed by atoms with Crippen LogP contribution in [0.1, 0.15) is 37.0 Å². The standard InChI is InChI=1S/C16H25N3O.2ClH/c1-12(2)11-19-9-7-15(8-10-19)18-16(20)13-3-5-14(17)6-4-13;;/h3-6,12,15H,7-11,17H2,1-2H3,(H,18,20);2*1H. The van der Waals surface area contributed by atoms with E-state index < -0.39 is 0 Å². The molecule has 1 amide bonds. The van der Waals surface area contributed by atoms with Crippen LogP contribution in [-0.2, 0) is 0 Å². The van der Waals surface area contributed by atoms with Gasteiger partial charge in [-0.3, -0.25) is 4.79 Å². The van der Waals surface area contributed by atoms with E-state index in [1.807, 2.05) is 0 Å². The number of amides is 1. The Morgan fingerprint density at radius 3 is 2.27 bits per heavy atom. The molecule has 0 bridgehead atoms. The number of hydrogen-bond donors (Lipinski definition) is 2. The van der Waals surface area contributed by atoms with E-state index in [9.17, 15) is 4.79 Å². The predicted molar refractivity (Wildman–Crippen MR) is 97.1 cm³/mol. The molecular formula is C16H27Cl2N3O. The predicted octanol–water partition coefficient (Wildman–Crippen LogP) is 2.96. The summed E-state index contributed by atoms with van der Waals surface area (Å²) in [5.41, 5.74) is 7.00. The maximum absolute atomic E-state index is 12.1. The SMILES string of the molecule is CC(C)CN1CCC(NC(=O)c2ccc(N)cc2)CC1.Cl.Cl. The molecule has 1 aliphatic rings. The van der Waals surface area contributed by atoms with E-state index in [0.717, 1.165) is 32.5 Å². The lowest BCUT2D eigenvalue weighted by Gasteiger charge is -2.33. The van der Waals surface area contributed by atoms with Crippen molar-refractivity contribution in [2.24, 2.45) is 5.92 Å². The Bertz CT molecular complexity index is 443. The Balaban J connectivity index is 0.00000220. The van der Waals surface area contributed by atoms with Crippen molar-refractivity contribution in [3.63, 3.8) is 0 Å². The number of nitrogens with one attached hydrogen (secondary N) is 1. The van der Waals surface area contributed by atoms with Crippen LogP contribution in [0.15, 0.2) is 24.3 Å². The largest absolute Gasteiger partial charge is 0.399 e. The van der Waals surface area contributed by atoms with Gasteiger partial charge in [0.05, 0.1) is 0 Å². The average Bonchev–Trinajstić information content (AvgIpc) is 2.41. The Morgan fingerprint density at radius 1 is 1.23 bits per heavy atom. The number of carbonyl (C=O) groups is 1. The fourth-order valence-electron chi connectivity index (χ4n) is 2.68. The fraction of sp³-hybridized carbons (Fsp3) is 0.562. The molecule has 1 aromatic rings. The van der Waals surface area contributed by atoms with E-state index in [1.54, 1.807) is 24.3 Å². The summed E-state index contributed by atoms with van der Waals surface area (Å²) >= 11 is 0. The Kier molecular flexibility index (Phi) is 9.49. The molecule has 6 heteroatoms. The first-order valence-electron chi connectivity index (χ1n) is 7.43. The summed E-state index contributed by atoms with van der Waals surface area (Å²) in [6, 6.07) is 7.38. The summed E-state index contributed by atoms with van der Waals surface area (Å²) in [7, 11) is 0. The quantitative estimate of drug-likeness (QED) is 0.823. The number of benzene rings is 1. The number of rotatable bonds is 4. The summed E-state index contributed by atoms with van der Waals surface area (Å²) < 4.78 is 0. The molecule has 0 aromatic heterocycles. The van der Waals surface area contributed by atoms with Crippen LogP contribution in [0, 0.1) is 5.92 Å². The zero-order valence-electron chi connectivity index (χ0n) is 13.2. The number of anilines is 1. The summed E-state index contributed by atoms with van der Waals surface area (Å²) in [6.45, 7) is 7.79. The second-order valence-electron chi connectivity index (χ2n) is 6.06. The molecule has 3 N–H and O–H groups in total. The molecule has 0 radical (unpaired) electrons. The third kappa shape index (κ3) is 6.42. The Labute approximate surface area is 145 Å². The van der Waals surface area contributed by atoms with Crippen LogP contribution in [-0.4, -0.2) is 36.5 Å². The number of likely N-dealkylation sites (tertiary alicyclic amines) is 1. The lowest BCUT2D eigenvalue weighted by molar-refractivity contribution is 0.0907. The van der Waals surface area contributed by atoms with Gasteiger partial charge in [0.15, 0.2) is 0 Å². The zero-order chi connectivity index (χ0) is 14.5. The molecule has 4 nitrogen and oxygen atoms in total. The molecule has 1 saturated heterocycles. The van der Waals surface area contributed by atoms with Crippen molar-refractivity contribution in [1.29, 1.82) is 0 Å². The number of nitrogens with zero attached hydrogens (tertiary/aromatic N) is 1. The van der Waals surface area contributed by atoms with Crippen LogP contribution >= 0.6 is 24.8 Å². The molecule has 0 atom stereocenters. The second kappa shape index (κ2) is 9.93. The van der Waals surface area contributed by atoms with Crippen LogP contribution < -0.4 is 11.1 Å². The highest BCUT2D eigenvalue weighted by molar-refractivity contribution is 5.94. The van der Waals surface area contributed by atoms with Gasteiger partial charge in [-0.1, -0.05) is 13.8 Å². The Hall–Kier alpha value is -0.970. The third-order valence-corrected chi connectivity index (χ3v) is 3.72. The number of carbonyl (C=O) groups excluding carboxylic acids is 1. The zero-order valence-corrected chi connectivity index (χ0v) is 14.9. The molecule has 0 aliphatic carbocycles. The summed E-state index contributed by atoms with van der Waals surface area (Å²) in [5, 5.41) is 3.12. The average molecular weight is 348 g/mol. The van der Waals surface area contributed by atoms with E-state index in [0.29, 0.717) is 23.2 Å². The monoisotopic (exact) mass is 347 g/mol. The summed E-state index contributed by atoms with van der Waals surface area (Å²) in [6.07, 6.45) is 2.07. The van der Waals surface area contributed by atoms with Gasteiger partial charge in [-0.05, 0) is 43.0 Å². The van der Waals surface area contributed by atoms with Crippen LogP contribution in [0.5, 0.6) is 0 Å². The summed E-state index contributed by atoms with van der Waals surface area (Å²) in [5.74, 6) is 0.711. The van der Waals surface area contributed by atoms with Crippen LogP contribution in [0.3, 0.4) is 0 Å². The first kappa shape index (κ1) is 21.0. The fourth-order valence-corrected chi connectivity index (χ4v) is 2.68. The van der Waals surface area contributed by atoms with E-state index in [-0.39, 0.29) is 30.7 Å². The van der Waals surface area contributed by atoms with Gasteiger partial charge < -0.3 is 16.0 Å². The van der Waals surface area contributed by atoms with Gasteiger partial charge in [-0.25, -0.2) is 0 Å². The number of piperidine rings is 1. The highest BCUT2D eigenvalue weighted by Crippen LogP contribution is 2.13. The van der Waals surface area contributed by atoms with E-state index >= 15 is 0 Å². The van der Waals surface area contributed by atoms with Crippen LogP contribution in [0.2, 0.25) is 0 Å². The van der Waals surface area contributed by atoms with Gasteiger partial charge in [-0.15, -0.1) is 24.8 Å². The van der Waals surface area contributed by atoms with Crippen LogP contribution in [0.4, 0.5) is 5.69 Å². The normalized spacial score (nSPS) is 15.8. The van der Waals surface area contributed by atoms with Crippen molar-refractivity contribution in [1.82, 2.24) is 10.2 Å². The maximum atomic E-state index is 12.1. The van der Waals surface area contributed by atoms with Gasteiger partial charge in [0.2, 0.25) is 0 Å². The lowest BCUT2D eigenvalue weighted by atomic mass is 10.0. The number of hydrogen-bond acceptors (Lipinski definition) is 3. The Morgan fingerprint density at radius 2 is 1.77 bits per heavy atom. The highest BCUT2D eigenvalue weighted by atomic mass is 35.5. The van der Waals surface area contributed by atoms with Gasteiger partial charge in [0, 0.05) is 36.9 Å². The number of nitrogen functional groups attached to an aromatic ring is 1. The minimum absolute atomic E-state index is 0. The molecule has 0 spiro atoms. The molecular weight excluding hydrogens is 321 g/mol. The van der Waals surface area contributed by atoms with Gasteiger partial charge in [0.25, 0.3) is 5.91 Å². The van der Waals surface area contributed by atoms with Gasteiger partial charge in [0.1, 0.15) is 0 Å². The molecule has 1 fully saturated rings. The van der Waals surface area contributed by atoms with Gasteiger partial charge in [-0.2, -0.15) is 0 Å². The number of halogens is 2. The van der Waals surface area contributed by atoms with E-state index in [4.69, 9.17) is 5.73 Å². The molecule has 1 aliphatic heterocycles. The van der Waals surface area contributed by atoms with Crippen LogP contribution in [0.25, 0.3) is 0 Å². The van der Waals surface area contributed by atoms with Crippen molar-refractivity contribution in [3.8, 4) is 0 Å². The lowest BCUT2D eigenvalue weighted by Crippen LogP contribution is -2.45. The molecule has 22 heavy (non-hydrogen) atoms. The molecule has 0 unspecified atom stereocenters. The third-order valence-electron chi connectivity index (χ3n) is 3.72. The van der Waals surface area contributed by atoms with Crippen molar-refractivity contribution in [2.75, 3.05) is 25.4 Å². The van der Waals surface area contributed by atoms with E-state index in [1.165, 1.54) is 0 Å². The minimum Gasteiger partial charge on any atom is -0.399 e. The van der Waals surface area contributed by atoms with Gasteiger partial charge >= 0.3 is 0 Å². The van der Waals surface area contributed by atoms with Crippen molar-refractivity contribution >= 4 is 36.4 Å². The maximum Gasteiger partial charge on any atom is 0.251 e. The molecule has 1 aromatic carbocycles. The second-order valence-corrected chi connectivity index (χ2v) is 6.06. The van der Waals surface area contributed by atoms with Crippen molar-refractivity contribution in [3.05, 3.63) is 29.8 Å². The first-order chi connectivity index (χ1) is 9.54. The molecule has 1 heterocycles. The topological polar surface area (TPSA) is 58.4 Å². The first-order valence-corrected chi connectivity index (χ1v) is 7.43. The van der Waals surface area contributed by atoms with E-state index in [2.05, 4.69) is 24.1 Å². The van der Waals surface area contributed by atoms with Crippen molar-refractivity contribution < 1.29 is 4.79 Å². The smallest absolute Gasteiger partial charge is 0.251 e. The van der Waals surface area contributed by atoms with Crippen molar-refractivity contribution in [2.45, 2.75) is 32.7 Å². The summed E-state index contributed by atoms with van der Waals surface area (Å²) in [4.78, 5) is 14.6. The molecule has 126 valence electrons.